The monoisotopic (exact) mass is 296 g/mol. The quantitative estimate of drug-likeness (QED) is 0.810. The summed E-state index contributed by atoms with van der Waals surface area (Å²) in [4.78, 5) is 12.1. The minimum Gasteiger partial charge on any atom is -0.326 e. The van der Waals surface area contributed by atoms with Gasteiger partial charge in [-0.2, -0.15) is 0 Å². The Kier molecular flexibility index (Phi) is 6.88. The van der Waals surface area contributed by atoms with E-state index in [4.69, 9.17) is 5.73 Å². The van der Waals surface area contributed by atoms with Crippen molar-refractivity contribution in [1.29, 1.82) is 0 Å². The van der Waals surface area contributed by atoms with E-state index in [1.807, 2.05) is 31.2 Å². The summed E-state index contributed by atoms with van der Waals surface area (Å²) in [7, 11) is -1.15. The number of amides is 1. The number of hydrogen-bond acceptors (Lipinski definition) is 3. The van der Waals surface area contributed by atoms with Gasteiger partial charge in [0.15, 0.2) is 0 Å². The van der Waals surface area contributed by atoms with E-state index in [1.54, 1.807) is 6.92 Å². The van der Waals surface area contributed by atoms with Crippen LogP contribution in [0.25, 0.3) is 0 Å². The summed E-state index contributed by atoms with van der Waals surface area (Å²) in [5, 5.41) is 2.30. The molecule has 1 amide bonds. The maximum atomic E-state index is 12.1. The lowest BCUT2D eigenvalue weighted by Crippen LogP contribution is -2.31. The van der Waals surface area contributed by atoms with Crippen LogP contribution < -0.4 is 11.1 Å². The third kappa shape index (κ3) is 4.72. The van der Waals surface area contributed by atoms with Gasteiger partial charge in [-0.25, -0.2) is 0 Å². The van der Waals surface area contributed by atoms with Crippen molar-refractivity contribution in [3.05, 3.63) is 29.8 Å². The highest BCUT2D eigenvalue weighted by Crippen LogP contribution is 2.15. The van der Waals surface area contributed by atoms with Gasteiger partial charge in [0, 0.05) is 28.8 Å². The van der Waals surface area contributed by atoms with Crippen LogP contribution in [0.2, 0.25) is 0 Å². The van der Waals surface area contributed by atoms with Crippen LogP contribution in [-0.2, 0) is 22.1 Å². The standard InChI is InChI=1S/C15H24N2O2S/c1-4-11(2)10-20(19)12(3)15(18)17-14-8-6-5-7-13(14)9-16/h5-8,11-12H,4,9-10,16H2,1-3H3,(H,17,18). The predicted molar refractivity (Wildman–Crippen MR) is 84.9 cm³/mol. The van der Waals surface area contributed by atoms with Crippen molar-refractivity contribution in [2.45, 2.75) is 39.0 Å². The Labute approximate surface area is 123 Å². The highest BCUT2D eigenvalue weighted by atomic mass is 32.2. The number of anilines is 1. The number of nitrogens with two attached hydrogens (primary N) is 1. The van der Waals surface area contributed by atoms with E-state index in [0.29, 0.717) is 23.9 Å². The number of hydrogen-bond donors (Lipinski definition) is 2. The first-order valence-corrected chi connectivity index (χ1v) is 8.33. The Morgan fingerprint density at radius 2 is 2.00 bits per heavy atom. The van der Waals surface area contributed by atoms with Crippen LogP contribution in [0.1, 0.15) is 32.8 Å². The Morgan fingerprint density at radius 3 is 2.60 bits per heavy atom. The average molecular weight is 296 g/mol. The van der Waals surface area contributed by atoms with E-state index in [9.17, 15) is 9.00 Å². The molecule has 20 heavy (non-hydrogen) atoms. The van der Waals surface area contributed by atoms with Crippen LogP contribution in [-0.4, -0.2) is 21.1 Å². The Morgan fingerprint density at radius 1 is 1.35 bits per heavy atom. The van der Waals surface area contributed by atoms with E-state index in [1.165, 1.54) is 0 Å². The van der Waals surface area contributed by atoms with Crippen LogP contribution >= 0.6 is 0 Å². The van der Waals surface area contributed by atoms with Crippen molar-refractivity contribution >= 4 is 22.4 Å². The molecule has 1 aromatic carbocycles. The first-order valence-electron chi connectivity index (χ1n) is 6.95. The topological polar surface area (TPSA) is 72.2 Å². The molecule has 3 unspecified atom stereocenters. The molecule has 1 aromatic rings. The Balaban J connectivity index is 2.68. The number of benzene rings is 1. The van der Waals surface area contributed by atoms with Gasteiger partial charge in [0.25, 0.3) is 0 Å². The molecule has 4 nitrogen and oxygen atoms in total. The summed E-state index contributed by atoms with van der Waals surface area (Å²) in [5.41, 5.74) is 7.21. The van der Waals surface area contributed by atoms with E-state index in [2.05, 4.69) is 12.2 Å². The van der Waals surface area contributed by atoms with Gasteiger partial charge in [-0.1, -0.05) is 38.5 Å². The molecule has 0 radical (unpaired) electrons. The molecular weight excluding hydrogens is 272 g/mol. The van der Waals surface area contributed by atoms with Gasteiger partial charge in [-0.3, -0.25) is 9.00 Å². The van der Waals surface area contributed by atoms with Crippen LogP contribution in [0.5, 0.6) is 0 Å². The van der Waals surface area contributed by atoms with Crippen molar-refractivity contribution in [3.63, 3.8) is 0 Å². The highest BCUT2D eigenvalue weighted by molar-refractivity contribution is 7.86. The molecule has 0 aliphatic carbocycles. The molecule has 0 bridgehead atoms. The molecule has 0 saturated heterocycles. The molecule has 0 aliphatic rings. The zero-order valence-corrected chi connectivity index (χ0v) is 13.2. The molecule has 3 N–H and O–H groups in total. The second kappa shape index (κ2) is 8.17. The first kappa shape index (κ1) is 16.9. The summed E-state index contributed by atoms with van der Waals surface area (Å²) in [6.45, 7) is 6.18. The average Bonchev–Trinajstić information content (AvgIpc) is 2.46. The largest absolute Gasteiger partial charge is 0.326 e. The Hall–Kier alpha value is -1.20. The summed E-state index contributed by atoms with van der Waals surface area (Å²) in [6.07, 6.45) is 0.968. The highest BCUT2D eigenvalue weighted by Gasteiger charge is 2.21. The molecule has 0 aliphatic heterocycles. The fraction of sp³-hybridized carbons (Fsp3) is 0.533. The second-order valence-corrected chi connectivity index (χ2v) is 6.86. The molecule has 0 aromatic heterocycles. The summed E-state index contributed by atoms with van der Waals surface area (Å²) in [6, 6.07) is 7.40. The van der Waals surface area contributed by atoms with E-state index in [0.717, 1.165) is 12.0 Å². The summed E-state index contributed by atoms with van der Waals surface area (Å²) >= 11 is 0. The molecule has 1 rings (SSSR count). The molecule has 5 heteroatoms. The van der Waals surface area contributed by atoms with Crippen LogP contribution in [0.3, 0.4) is 0 Å². The van der Waals surface area contributed by atoms with Crippen molar-refractivity contribution in [2.75, 3.05) is 11.1 Å². The lowest BCUT2D eigenvalue weighted by Gasteiger charge is -2.16. The Bertz CT molecular complexity index is 477. The smallest absolute Gasteiger partial charge is 0.239 e. The van der Waals surface area contributed by atoms with Gasteiger partial charge >= 0.3 is 0 Å². The van der Waals surface area contributed by atoms with Crippen LogP contribution in [0.15, 0.2) is 24.3 Å². The number of rotatable bonds is 7. The number of carbonyl (C=O) groups is 1. The van der Waals surface area contributed by atoms with Crippen molar-refractivity contribution < 1.29 is 9.00 Å². The van der Waals surface area contributed by atoms with Gasteiger partial charge in [0.05, 0.1) is 0 Å². The van der Waals surface area contributed by atoms with E-state index in [-0.39, 0.29) is 5.91 Å². The summed E-state index contributed by atoms with van der Waals surface area (Å²) < 4.78 is 12.1. The minimum absolute atomic E-state index is 0.215. The lowest BCUT2D eigenvalue weighted by atomic mass is 10.2. The van der Waals surface area contributed by atoms with Gasteiger partial charge in [-0.05, 0) is 24.5 Å². The molecule has 3 atom stereocenters. The van der Waals surface area contributed by atoms with Gasteiger partial charge < -0.3 is 11.1 Å². The van der Waals surface area contributed by atoms with Crippen molar-refractivity contribution in [3.8, 4) is 0 Å². The third-order valence-electron chi connectivity index (χ3n) is 3.40. The van der Waals surface area contributed by atoms with Crippen molar-refractivity contribution in [2.24, 2.45) is 11.7 Å². The maximum Gasteiger partial charge on any atom is 0.239 e. The number of carbonyl (C=O) groups excluding carboxylic acids is 1. The van der Waals surface area contributed by atoms with Gasteiger partial charge in [-0.15, -0.1) is 0 Å². The zero-order chi connectivity index (χ0) is 15.1. The third-order valence-corrected chi connectivity index (χ3v) is 5.30. The predicted octanol–water partition coefficient (Wildman–Crippen LogP) is 2.27. The first-order chi connectivity index (χ1) is 9.49. The fourth-order valence-corrected chi connectivity index (χ4v) is 3.10. The second-order valence-electron chi connectivity index (χ2n) is 5.05. The fourth-order valence-electron chi connectivity index (χ4n) is 1.72. The van der Waals surface area contributed by atoms with Crippen LogP contribution in [0, 0.1) is 5.92 Å². The van der Waals surface area contributed by atoms with E-state index < -0.39 is 16.0 Å². The minimum atomic E-state index is -1.15. The maximum absolute atomic E-state index is 12.1. The molecule has 112 valence electrons. The molecular formula is C15H24N2O2S. The molecule has 0 spiro atoms. The van der Waals surface area contributed by atoms with Crippen molar-refractivity contribution in [1.82, 2.24) is 0 Å². The molecule has 0 fully saturated rings. The number of para-hydroxylation sites is 1. The van der Waals surface area contributed by atoms with E-state index >= 15 is 0 Å². The zero-order valence-electron chi connectivity index (χ0n) is 12.4. The molecule has 0 heterocycles. The lowest BCUT2D eigenvalue weighted by molar-refractivity contribution is -0.115. The summed E-state index contributed by atoms with van der Waals surface area (Å²) in [5.74, 6) is 0.707. The normalized spacial score (nSPS) is 15.4. The molecule has 0 saturated carbocycles. The van der Waals surface area contributed by atoms with Gasteiger partial charge in [0.1, 0.15) is 5.25 Å². The van der Waals surface area contributed by atoms with Gasteiger partial charge in [0.2, 0.25) is 5.91 Å². The number of nitrogens with one attached hydrogen (secondary N) is 1. The SMILES string of the molecule is CCC(C)CS(=O)C(C)C(=O)Nc1ccccc1CN. The van der Waals surface area contributed by atoms with Crippen LogP contribution in [0.4, 0.5) is 5.69 Å².